The number of halogens is 1. The molecule has 0 radical (unpaired) electrons. The summed E-state index contributed by atoms with van der Waals surface area (Å²) in [6.45, 7) is 0. The summed E-state index contributed by atoms with van der Waals surface area (Å²) in [5.41, 5.74) is -0.348. The molecule has 0 unspecified atom stereocenters. The number of methoxy groups -OCH3 is 1. The van der Waals surface area contributed by atoms with Crippen LogP contribution in [0.15, 0.2) is 29.1 Å². The van der Waals surface area contributed by atoms with Crippen molar-refractivity contribution in [1.82, 2.24) is 4.98 Å². The Labute approximate surface area is 79.1 Å². The summed E-state index contributed by atoms with van der Waals surface area (Å²) in [6.07, 6.45) is 0. The zero-order chi connectivity index (χ0) is 10.1. The topological polar surface area (TPSA) is 42.1 Å². The Bertz CT molecular complexity index is 533. The van der Waals surface area contributed by atoms with Gasteiger partial charge in [-0.2, -0.15) is 0 Å². The van der Waals surface area contributed by atoms with E-state index in [4.69, 9.17) is 4.74 Å². The molecule has 0 aliphatic rings. The van der Waals surface area contributed by atoms with Gasteiger partial charge in [-0.3, -0.25) is 9.78 Å². The molecule has 1 N–H and O–H groups in total. The monoisotopic (exact) mass is 193 g/mol. The minimum Gasteiger partial charge on any atom is -0.482 e. The maximum absolute atomic E-state index is 12.8. The number of benzene rings is 1. The lowest BCUT2D eigenvalue weighted by Crippen LogP contribution is -2.07. The maximum atomic E-state index is 12.8. The first kappa shape index (κ1) is 8.74. The maximum Gasteiger partial charge on any atom is 0.258 e. The minimum atomic E-state index is -0.423. The van der Waals surface area contributed by atoms with E-state index < -0.39 is 5.82 Å². The molecule has 72 valence electrons. The molecule has 1 aromatic heterocycles. The summed E-state index contributed by atoms with van der Waals surface area (Å²) in [6, 6.07) is 5.70. The van der Waals surface area contributed by atoms with Crippen LogP contribution in [0.4, 0.5) is 4.39 Å². The van der Waals surface area contributed by atoms with Crippen LogP contribution in [0.2, 0.25) is 0 Å². The molecule has 2 rings (SSSR count). The van der Waals surface area contributed by atoms with Gasteiger partial charge in [-0.05, 0) is 17.5 Å². The van der Waals surface area contributed by atoms with E-state index in [1.54, 1.807) is 12.1 Å². The van der Waals surface area contributed by atoms with Gasteiger partial charge >= 0.3 is 0 Å². The molecule has 0 aliphatic heterocycles. The van der Waals surface area contributed by atoms with Crippen molar-refractivity contribution in [2.24, 2.45) is 0 Å². The van der Waals surface area contributed by atoms with Crippen molar-refractivity contribution >= 4 is 10.8 Å². The number of hydrogen-bond donors (Lipinski definition) is 1. The smallest absolute Gasteiger partial charge is 0.258 e. The highest BCUT2D eigenvalue weighted by Crippen LogP contribution is 2.15. The number of nitrogens with one attached hydrogen (secondary N) is 1. The first-order valence-corrected chi connectivity index (χ1v) is 4.07. The molecule has 4 heteroatoms. The van der Waals surface area contributed by atoms with E-state index in [1.165, 1.54) is 19.2 Å². The van der Waals surface area contributed by atoms with Crippen molar-refractivity contribution in [3.8, 4) is 5.88 Å². The van der Waals surface area contributed by atoms with E-state index >= 15 is 0 Å². The van der Waals surface area contributed by atoms with Crippen LogP contribution in [-0.2, 0) is 0 Å². The summed E-state index contributed by atoms with van der Waals surface area (Å²) in [7, 11) is 1.46. The Morgan fingerprint density at radius 2 is 2.14 bits per heavy atom. The van der Waals surface area contributed by atoms with Crippen LogP contribution in [0.5, 0.6) is 5.88 Å². The normalized spacial score (nSPS) is 10.4. The van der Waals surface area contributed by atoms with Crippen LogP contribution in [0.25, 0.3) is 10.8 Å². The number of hydrogen-bond acceptors (Lipinski definition) is 2. The molecule has 0 bridgehead atoms. The van der Waals surface area contributed by atoms with Gasteiger partial charge in [0.1, 0.15) is 5.82 Å². The summed E-state index contributed by atoms with van der Waals surface area (Å²) >= 11 is 0. The van der Waals surface area contributed by atoms with Crippen LogP contribution in [-0.4, -0.2) is 12.1 Å². The Kier molecular flexibility index (Phi) is 1.96. The first-order chi connectivity index (χ1) is 6.70. The highest BCUT2D eigenvalue weighted by molar-refractivity contribution is 5.82. The molecule has 0 atom stereocenters. The number of pyridine rings is 1. The molecule has 1 heterocycles. The van der Waals surface area contributed by atoms with E-state index in [9.17, 15) is 9.18 Å². The number of aromatic amines is 1. The van der Waals surface area contributed by atoms with Crippen molar-refractivity contribution in [1.29, 1.82) is 0 Å². The molecule has 14 heavy (non-hydrogen) atoms. The molecule has 0 amide bonds. The van der Waals surface area contributed by atoms with Gasteiger partial charge in [0.2, 0.25) is 0 Å². The third kappa shape index (κ3) is 1.35. The molecule has 0 saturated carbocycles. The summed E-state index contributed by atoms with van der Waals surface area (Å²) < 4.78 is 17.7. The summed E-state index contributed by atoms with van der Waals surface area (Å²) in [4.78, 5) is 13.9. The molecule has 0 spiro atoms. The van der Waals surface area contributed by atoms with Gasteiger partial charge in [0, 0.05) is 6.07 Å². The third-order valence-electron chi connectivity index (χ3n) is 2.00. The number of ether oxygens (including phenoxy) is 1. The van der Waals surface area contributed by atoms with Gasteiger partial charge in [0.05, 0.1) is 12.5 Å². The zero-order valence-corrected chi connectivity index (χ0v) is 7.50. The van der Waals surface area contributed by atoms with E-state index in [2.05, 4.69) is 4.98 Å². The summed E-state index contributed by atoms with van der Waals surface area (Å²) in [5, 5.41) is 0.984. The predicted molar refractivity (Wildman–Crippen MR) is 51.1 cm³/mol. The predicted octanol–water partition coefficient (Wildman–Crippen LogP) is 1.68. The van der Waals surface area contributed by atoms with Crippen molar-refractivity contribution < 1.29 is 9.13 Å². The Morgan fingerprint density at radius 3 is 2.86 bits per heavy atom. The number of rotatable bonds is 1. The van der Waals surface area contributed by atoms with E-state index in [-0.39, 0.29) is 5.56 Å². The second-order valence-electron chi connectivity index (χ2n) is 2.90. The Balaban J connectivity index is 2.83. The molecule has 0 fully saturated rings. The minimum absolute atomic E-state index is 0.325. The average molecular weight is 193 g/mol. The van der Waals surface area contributed by atoms with Crippen molar-refractivity contribution in [2.75, 3.05) is 7.11 Å². The third-order valence-corrected chi connectivity index (χ3v) is 2.00. The lowest BCUT2D eigenvalue weighted by molar-refractivity contribution is 0.397. The highest BCUT2D eigenvalue weighted by Gasteiger charge is 2.02. The van der Waals surface area contributed by atoms with E-state index in [0.29, 0.717) is 16.7 Å². The van der Waals surface area contributed by atoms with Gasteiger partial charge in [0.25, 0.3) is 5.56 Å². The fourth-order valence-corrected chi connectivity index (χ4v) is 1.32. The van der Waals surface area contributed by atoms with Gasteiger partial charge in [-0.15, -0.1) is 0 Å². The summed E-state index contributed by atoms with van der Waals surface area (Å²) in [5.74, 6) is -0.0534. The highest BCUT2D eigenvalue weighted by atomic mass is 19.1. The standard InChI is InChI=1S/C10H8FNO2/c1-14-9-4-6-2-3-7(11)5-8(6)10(13)12-9/h2-5H,1H3,(H,12,13). The van der Waals surface area contributed by atoms with Gasteiger partial charge in [0.15, 0.2) is 5.88 Å². The van der Waals surface area contributed by atoms with E-state index in [1.807, 2.05) is 0 Å². The lowest BCUT2D eigenvalue weighted by Gasteiger charge is -2.01. The van der Waals surface area contributed by atoms with Crippen molar-refractivity contribution in [3.63, 3.8) is 0 Å². The molecule has 2 aromatic rings. The van der Waals surface area contributed by atoms with Crippen LogP contribution < -0.4 is 10.3 Å². The van der Waals surface area contributed by atoms with E-state index in [0.717, 1.165) is 0 Å². The molecular weight excluding hydrogens is 185 g/mol. The first-order valence-electron chi connectivity index (χ1n) is 4.07. The van der Waals surface area contributed by atoms with Crippen LogP contribution in [0.3, 0.4) is 0 Å². The SMILES string of the molecule is COc1cc2ccc(F)cc2c(=O)[nH]1. The molecule has 1 aromatic carbocycles. The van der Waals surface area contributed by atoms with Gasteiger partial charge in [-0.1, -0.05) is 6.07 Å². The van der Waals surface area contributed by atoms with Crippen molar-refractivity contribution in [3.05, 3.63) is 40.4 Å². The van der Waals surface area contributed by atoms with Gasteiger partial charge in [-0.25, -0.2) is 4.39 Å². The quantitative estimate of drug-likeness (QED) is 0.748. The number of aromatic nitrogens is 1. The fourth-order valence-electron chi connectivity index (χ4n) is 1.32. The van der Waals surface area contributed by atoms with Crippen LogP contribution >= 0.6 is 0 Å². The number of fused-ring (bicyclic) bond motifs is 1. The van der Waals surface area contributed by atoms with Gasteiger partial charge < -0.3 is 4.74 Å². The molecule has 0 saturated heterocycles. The van der Waals surface area contributed by atoms with Crippen LogP contribution in [0, 0.1) is 5.82 Å². The zero-order valence-electron chi connectivity index (χ0n) is 7.50. The molecule has 3 nitrogen and oxygen atoms in total. The van der Waals surface area contributed by atoms with Crippen LogP contribution in [0.1, 0.15) is 0 Å². The Hall–Kier alpha value is -1.84. The Morgan fingerprint density at radius 1 is 1.36 bits per heavy atom. The largest absolute Gasteiger partial charge is 0.482 e. The fraction of sp³-hybridized carbons (Fsp3) is 0.100. The second kappa shape index (κ2) is 3.14. The second-order valence-corrected chi connectivity index (χ2v) is 2.90. The average Bonchev–Trinajstić information content (AvgIpc) is 2.19. The molecule has 0 aliphatic carbocycles. The van der Waals surface area contributed by atoms with Crippen molar-refractivity contribution in [2.45, 2.75) is 0 Å². The number of H-pyrrole nitrogens is 1. The molecular formula is C10H8FNO2. The lowest BCUT2D eigenvalue weighted by atomic mass is 10.2.